The highest BCUT2D eigenvalue weighted by atomic mass is 14.4. The molecule has 0 unspecified atom stereocenters. The lowest BCUT2D eigenvalue weighted by molar-refractivity contribution is 0.661. The van der Waals surface area contributed by atoms with E-state index in [1.807, 2.05) is 0 Å². The summed E-state index contributed by atoms with van der Waals surface area (Å²) in [6.45, 7) is 9.61. The van der Waals surface area contributed by atoms with Crippen molar-refractivity contribution >= 4 is 64.6 Å². The summed E-state index contributed by atoms with van der Waals surface area (Å²) in [5.74, 6) is 0. The third-order valence-corrected chi connectivity index (χ3v) is 14.6. The minimum Gasteiger partial charge on any atom is -0.0616 e. The van der Waals surface area contributed by atoms with E-state index in [9.17, 15) is 0 Å². The molecule has 0 bridgehead atoms. The summed E-state index contributed by atoms with van der Waals surface area (Å²) < 4.78 is 0. The summed E-state index contributed by atoms with van der Waals surface area (Å²) in [4.78, 5) is 0. The number of benzene rings is 11. The summed E-state index contributed by atoms with van der Waals surface area (Å²) in [5.41, 5.74) is 15.8. The molecule has 0 aromatic heterocycles. The molecule has 0 nitrogen and oxygen atoms in total. The fourth-order valence-electron chi connectivity index (χ4n) is 11.5. The molecule has 2 aliphatic rings. The van der Waals surface area contributed by atoms with Gasteiger partial charge in [-0.3, -0.25) is 0 Å². The molecule has 0 radical (unpaired) electrons. The van der Waals surface area contributed by atoms with Crippen LogP contribution in [-0.4, -0.2) is 0 Å². The molecule has 2 aliphatic carbocycles. The second-order valence-corrected chi connectivity index (χ2v) is 18.4. The monoisotopic (exact) mass is 762 g/mol. The average Bonchev–Trinajstić information content (AvgIpc) is 3.65. The molecular formula is C60H42. The first-order valence-electron chi connectivity index (χ1n) is 21.4. The second kappa shape index (κ2) is 11.8. The van der Waals surface area contributed by atoms with E-state index in [-0.39, 0.29) is 10.8 Å². The first kappa shape index (κ1) is 33.9. The Balaban J connectivity index is 0.873. The van der Waals surface area contributed by atoms with E-state index in [4.69, 9.17) is 0 Å². The summed E-state index contributed by atoms with van der Waals surface area (Å²) >= 11 is 0. The molecule has 11 aromatic carbocycles. The van der Waals surface area contributed by atoms with Crippen LogP contribution < -0.4 is 0 Å². The van der Waals surface area contributed by atoms with Crippen molar-refractivity contribution in [2.75, 3.05) is 0 Å². The van der Waals surface area contributed by atoms with Crippen molar-refractivity contribution in [2.24, 2.45) is 0 Å². The van der Waals surface area contributed by atoms with Crippen LogP contribution in [0.1, 0.15) is 49.9 Å². The largest absolute Gasteiger partial charge is 0.0616 e. The first-order chi connectivity index (χ1) is 29.3. The lowest BCUT2D eigenvalue weighted by atomic mass is 9.80. The van der Waals surface area contributed by atoms with Crippen LogP contribution >= 0.6 is 0 Å². The quantitative estimate of drug-likeness (QED) is 0.154. The molecule has 282 valence electrons. The van der Waals surface area contributed by atoms with E-state index in [2.05, 4.69) is 210 Å². The minimum atomic E-state index is -0.123. The fourth-order valence-corrected chi connectivity index (χ4v) is 11.5. The maximum atomic E-state index is 2.50. The summed E-state index contributed by atoms with van der Waals surface area (Å²) in [7, 11) is 0. The van der Waals surface area contributed by atoms with Gasteiger partial charge in [-0.25, -0.2) is 0 Å². The topological polar surface area (TPSA) is 0 Å². The van der Waals surface area contributed by atoms with Gasteiger partial charge in [0, 0.05) is 10.8 Å². The number of rotatable bonds is 2. The van der Waals surface area contributed by atoms with Crippen molar-refractivity contribution in [3.63, 3.8) is 0 Å². The summed E-state index contributed by atoms with van der Waals surface area (Å²) in [6, 6.07) is 69.1. The van der Waals surface area contributed by atoms with Gasteiger partial charge < -0.3 is 0 Å². The van der Waals surface area contributed by atoms with Gasteiger partial charge in [0.25, 0.3) is 0 Å². The van der Waals surface area contributed by atoms with Crippen LogP contribution in [-0.2, 0) is 10.8 Å². The summed E-state index contributed by atoms with van der Waals surface area (Å²) in [6.07, 6.45) is 0. The van der Waals surface area contributed by atoms with Crippen molar-refractivity contribution in [1.29, 1.82) is 0 Å². The van der Waals surface area contributed by atoms with Gasteiger partial charge in [-0.05, 0) is 168 Å². The van der Waals surface area contributed by atoms with Gasteiger partial charge in [-0.15, -0.1) is 0 Å². The first-order valence-corrected chi connectivity index (χ1v) is 21.4. The molecule has 0 fully saturated rings. The smallest absolute Gasteiger partial charge is 0.0159 e. The molecule has 0 spiro atoms. The van der Waals surface area contributed by atoms with E-state index in [1.165, 1.54) is 131 Å². The van der Waals surface area contributed by atoms with Gasteiger partial charge in [-0.2, -0.15) is 0 Å². The molecule has 0 amide bonds. The Morgan fingerprint density at radius 2 is 0.467 bits per heavy atom. The Morgan fingerprint density at radius 3 is 0.783 bits per heavy atom. The van der Waals surface area contributed by atoms with Crippen LogP contribution in [0.3, 0.4) is 0 Å². The van der Waals surface area contributed by atoms with Gasteiger partial charge in [0.1, 0.15) is 0 Å². The molecule has 13 rings (SSSR count). The van der Waals surface area contributed by atoms with E-state index in [0.29, 0.717) is 0 Å². The number of hydrogen-bond donors (Lipinski definition) is 0. The van der Waals surface area contributed by atoms with Gasteiger partial charge in [-0.1, -0.05) is 173 Å². The Bertz CT molecular complexity index is 3440. The summed E-state index contributed by atoms with van der Waals surface area (Å²) in [5, 5.41) is 15.9. The zero-order chi connectivity index (χ0) is 40.1. The van der Waals surface area contributed by atoms with Gasteiger partial charge >= 0.3 is 0 Å². The molecule has 0 aliphatic heterocycles. The highest BCUT2D eigenvalue weighted by Gasteiger charge is 2.38. The minimum absolute atomic E-state index is 0.123. The Hall–Kier alpha value is -7.02. The molecule has 11 aromatic rings. The van der Waals surface area contributed by atoms with E-state index >= 15 is 0 Å². The van der Waals surface area contributed by atoms with Crippen molar-refractivity contribution in [2.45, 2.75) is 38.5 Å². The Morgan fingerprint density at radius 1 is 0.217 bits per heavy atom. The highest BCUT2D eigenvalue weighted by molar-refractivity contribution is 6.27. The molecule has 0 heterocycles. The van der Waals surface area contributed by atoms with Gasteiger partial charge in [0.05, 0.1) is 0 Å². The van der Waals surface area contributed by atoms with Crippen molar-refractivity contribution in [1.82, 2.24) is 0 Å². The predicted octanol–water partition coefficient (Wildman–Crippen LogP) is 16.6. The van der Waals surface area contributed by atoms with Crippen molar-refractivity contribution in [3.05, 3.63) is 204 Å². The van der Waals surface area contributed by atoms with Crippen LogP contribution in [0.5, 0.6) is 0 Å². The third-order valence-electron chi connectivity index (χ3n) is 14.6. The van der Waals surface area contributed by atoms with E-state index < -0.39 is 0 Å². The highest BCUT2D eigenvalue weighted by Crippen LogP contribution is 2.54. The van der Waals surface area contributed by atoms with Gasteiger partial charge in [0.15, 0.2) is 0 Å². The number of fused-ring (bicyclic) bond motifs is 18. The maximum absolute atomic E-state index is 2.50. The second-order valence-electron chi connectivity index (χ2n) is 18.4. The third kappa shape index (κ3) is 4.46. The van der Waals surface area contributed by atoms with Crippen LogP contribution in [0.25, 0.3) is 109 Å². The molecule has 0 atom stereocenters. The average molecular weight is 763 g/mol. The fraction of sp³-hybridized carbons (Fsp3) is 0.100. The standard InChI is InChI=1S/C60H42/c1-59(2)55-29-37(25-27-47(55)53-31-49-43-17-9-5-13-39(43)41-15-7-11-19-45(41)51(49)33-57(53)59)35-21-23-36(24-22-35)38-26-28-48-54-32-50-44-18-10-6-14-40(44)42-16-8-12-20-46(42)52(50)34-58(54)60(3,4)56(48)30-38/h5-34H,1-4H3. The molecule has 60 heavy (non-hydrogen) atoms. The van der Waals surface area contributed by atoms with Crippen molar-refractivity contribution < 1.29 is 0 Å². The van der Waals surface area contributed by atoms with Crippen LogP contribution in [0.4, 0.5) is 0 Å². The lowest BCUT2D eigenvalue weighted by Gasteiger charge is -2.23. The maximum Gasteiger partial charge on any atom is 0.0159 e. The Labute approximate surface area is 350 Å². The van der Waals surface area contributed by atoms with Crippen LogP contribution in [0.15, 0.2) is 182 Å². The van der Waals surface area contributed by atoms with Crippen LogP contribution in [0, 0.1) is 0 Å². The molecule has 0 saturated carbocycles. The number of hydrogen-bond acceptors (Lipinski definition) is 0. The molecular weight excluding hydrogens is 721 g/mol. The molecule has 0 saturated heterocycles. The van der Waals surface area contributed by atoms with E-state index in [1.54, 1.807) is 0 Å². The zero-order valence-corrected chi connectivity index (χ0v) is 34.3. The lowest BCUT2D eigenvalue weighted by Crippen LogP contribution is -2.15. The molecule has 0 N–H and O–H groups in total. The predicted molar refractivity (Wildman–Crippen MR) is 257 cm³/mol. The SMILES string of the molecule is CC1(C)c2cc(-c3ccc(-c4ccc5c(c4)C(C)(C)c4cc6c7ccccc7c7ccccc7c6cc4-5)cc3)ccc2-c2cc3c4ccccc4c4ccccc4c3cc21. The van der Waals surface area contributed by atoms with Crippen molar-refractivity contribution in [3.8, 4) is 44.5 Å². The Kier molecular flexibility index (Phi) is 6.67. The molecule has 0 heteroatoms. The zero-order valence-electron chi connectivity index (χ0n) is 34.3. The normalized spacial score (nSPS) is 14.6. The van der Waals surface area contributed by atoms with Gasteiger partial charge in [0.2, 0.25) is 0 Å². The van der Waals surface area contributed by atoms with Crippen LogP contribution in [0.2, 0.25) is 0 Å². The van der Waals surface area contributed by atoms with E-state index in [0.717, 1.165) is 0 Å².